The van der Waals surface area contributed by atoms with E-state index in [1.54, 1.807) is 11.0 Å². The van der Waals surface area contributed by atoms with Gasteiger partial charge in [0, 0.05) is 13.1 Å². The maximum atomic E-state index is 13.4. The molecule has 162 valence electrons. The molecular formula is C25H28N2O3S. The summed E-state index contributed by atoms with van der Waals surface area (Å²) in [5, 5.41) is 0. The van der Waals surface area contributed by atoms with Crippen molar-refractivity contribution >= 4 is 21.6 Å². The highest BCUT2D eigenvalue weighted by molar-refractivity contribution is 7.92. The second kappa shape index (κ2) is 9.79. The van der Waals surface area contributed by atoms with Crippen LogP contribution in [0.4, 0.5) is 5.69 Å². The smallest absolute Gasteiger partial charge is 0.243 e. The van der Waals surface area contributed by atoms with Crippen LogP contribution in [0.2, 0.25) is 0 Å². The Hall–Kier alpha value is -3.12. The summed E-state index contributed by atoms with van der Waals surface area (Å²) in [5.41, 5.74) is 4.52. The molecule has 0 N–H and O–H groups in total. The van der Waals surface area contributed by atoms with Gasteiger partial charge >= 0.3 is 0 Å². The number of carbonyl (C=O) groups excluding carboxylic acids is 1. The van der Waals surface area contributed by atoms with Crippen LogP contribution in [-0.4, -0.2) is 32.0 Å². The summed E-state index contributed by atoms with van der Waals surface area (Å²) in [6, 6.07) is 24.8. The van der Waals surface area contributed by atoms with E-state index in [9.17, 15) is 13.2 Å². The zero-order valence-electron chi connectivity index (χ0n) is 18.2. The molecule has 31 heavy (non-hydrogen) atoms. The van der Waals surface area contributed by atoms with Gasteiger partial charge in [-0.3, -0.25) is 9.10 Å². The average Bonchev–Trinajstić information content (AvgIpc) is 2.74. The quantitative estimate of drug-likeness (QED) is 0.529. The van der Waals surface area contributed by atoms with Gasteiger partial charge in [-0.05, 0) is 48.2 Å². The molecular weight excluding hydrogens is 408 g/mol. The molecule has 3 aromatic rings. The van der Waals surface area contributed by atoms with E-state index in [1.165, 1.54) is 4.31 Å². The van der Waals surface area contributed by atoms with Gasteiger partial charge in [-0.1, -0.05) is 66.7 Å². The van der Waals surface area contributed by atoms with E-state index in [-0.39, 0.29) is 12.5 Å². The molecule has 0 bridgehead atoms. The molecule has 0 aromatic heterocycles. The van der Waals surface area contributed by atoms with Gasteiger partial charge in [-0.25, -0.2) is 8.42 Å². The number of rotatable bonds is 8. The second-order valence-corrected chi connectivity index (χ2v) is 9.67. The molecule has 3 rings (SSSR count). The molecule has 0 atom stereocenters. The number of aryl methyl sites for hydroxylation is 2. The summed E-state index contributed by atoms with van der Waals surface area (Å²) in [7, 11) is -3.64. The van der Waals surface area contributed by atoms with Crippen molar-refractivity contribution in [2.24, 2.45) is 0 Å². The monoisotopic (exact) mass is 436 g/mol. The van der Waals surface area contributed by atoms with Gasteiger partial charge < -0.3 is 4.90 Å². The number of anilines is 1. The summed E-state index contributed by atoms with van der Waals surface area (Å²) in [4.78, 5) is 15.1. The lowest BCUT2D eigenvalue weighted by Crippen LogP contribution is -2.42. The van der Waals surface area contributed by atoms with E-state index >= 15 is 0 Å². The van der Waals surface area contributed by atoms with Crippen LogP contribution in [0.3, 0.4) is 0 Å². The van der Waals surface area contributed by atoms with E-state index in [0.29, 0.717) is 18.8 Å². The number of hydrogen-bond acceptors (Lipinski definition) is 3. The first-order valence-corrected chi connectivity index (χ1v) is 12.0. The van der Waals surface area contributed by atoms with Crippen molar-refractivity contribution < 1.29 is 13.2 Å². The second-order valence-electron chi connectivity index (χ2n) is 7.76. The van der Waals surface area contributed by atoms with Gasteiger partial charge in [-0.2, -0.15) is 0 Å². The van der Waals surface area contributed by atoms with Gasteiger partial charge in [0.05, 0.1) is 11.9 Å². The summed E-state index contributed by atoms with van der Waals surface area (Å²) in [6.45, 7) is 4.45. The minimum Gasteiger partial charge on any atom is -0.332 e. The zero-order valence-corrected chi connectivity index (χ0v) is 19.0. The minimum atomic E-state index is -3.64. The molecule has 1 amide bonds. The number of benzene rings is 3. The molecule has 0 heterocycles. The molecule has 0 aliphatic rings. The predicted octanol–water partition coefficient (Wildman–Crippen LogP) is 4.30. The van der Waals surface area contributed by atoms with Crippen molar-refractivity contribution in [1.29, 1.82) is 0 Å². The average molecular weight is 437 g/mol. The molecule has 0 radical (unpaired) electrons. The molecule has 0 unspecified atom stereocenters. The summed E-state index contributed by atoms with van der Waals surface area (Å²) in [6.07, 6.45) is 1.13. The molecule has 0 aliphatic heterocycles. The van der Waals surface area contributed by atoms with Gasteiger partial charge in [0.1, 0.15) is 6.54 Å². The summed E-state index contributed by atoms with van der Waals surface area (Å²) in [5.74, 6) is -0.253. The molecule has 5 nitrogen and oxygen atoms in total. The Bertz CT molecular complexity index is 1090. The Morgan fingerprint density at radius 3 is 1.74 bits per heavy atom. The number of nitrogens with zero attached hydrogens (tertiary/aromatic N) is 2. The van der Waals surface area contributed by atoms with Crippen molar-refractivity contribution in [2.45, 2.75) is 26.9 Å². The van der Waals surface area contributed by atoms with E-state index in [0.717, 1.165) is 28.5 Å². The topological polar surface area (TPSA) is 57.7 Å². The number of carbonyl (C=O) groups is 1. The largest absolute Gasteiger partial charge is 0.332 e. The molecule has 0 saturated carbocycles. The first-order valence-electron chi connectivity index (χ1n) is 10.1. The van der Waals surface area contributed by atoms with Crippen molar-refractivity contribution in [3.05, 3.63) is 101 Å². The maximum absolute atomic E-state index is 13.4. The van der Waals surface area contributed by atoms with Crippen LogP contribution in [0.15, 0.2) is 78.9 Å². The number of hydrogen-bond donors (Lipinski definition) is 0. The Kier molecular flexibility index (Phi) is 7.13. The van der Waals surface area contributed by atoms with Gasteiger partial charge in [0.25, 0.3) is 0 Å². The minimum absolute atomic E-state index is 0.249. The third-order valence-corrected chi connectivity index (χ3v) is 6.38. The van der Waals surface area contributed by atoms with E-state index in [1.807, 2.05) is 86.6 Å². The third kappa shape index (κ3) is 6.18. The van der Waals surface area contributed by atoms with Crippen LogP contribution in [0.5, 0.6) is 0 Å². The standard InChI is InChI=1S/C25H28N2O3S/c1-20-14-15-24(16-21(20)2)27(31(3,29)30)19-25(28)26(17-22-10-6-4-7-11-22)18-23-12-8-5-9-13-23/h4-16H,17-19H2,1-3H3. The Morgan fingerprint density at radius 1 is 0.774 bits per heavy atom. The SMILES string of the molecule is Cc1ccc(N(CC(=O)N(Cc2ccccc2)Cc2ccccc2)S(C)(=O)=O)cc1C. The lowest BCUT2D eigenvalue weighted by atomic mass is 10.1. The fourth-order valence-electron chi connectivity index (χ4n) is 3.34. The van der Waals surface area contributed by atoms with Gasteiger partial charge in [-0.15, -0.1) is 0 Å². The fraction of sp³-hybridized carbons (Fsp3) is 0.240. The fourth-order valence-corrected chi connectivity index (χ4v) is 4.18. The number of amides is 1. The van der Waals surface area contributed by atoms with Crippen LogP contribution in [0, 0.1) is 13.8 Å². The van der Waals surface area contributed by atoms with Gasteiger partial charge in [0.2, 0.25) is 15.9 Å². The van der Waals surface area contributed by atoms with E-state index in [2.05, 4.69) is 0 Å². The molecule has 6 heteroatoms. The first kappa shape index (κ1) is 22.6. The highest BCUT2D eigenvalue weighted by Crippen LogP contribution is 2.22. The van der Waals surface area contributed by atoms with Crippen molar-refractivity contribution in [2.75, 3.05) is 17.1 Å². The highest BCUT2D eigenvalue weighted by atomic mass is 32.2. The van der Waals surface area contributed by atoms with E-state index < -0.39 is 10.0 Å². The zero-order chi connectivity index (χ0) is 22.4. The van der Waals surface area contributed by atoms with Crippen molar-refractivity contribution in [3.63, 3.8) is 0 Å². The van der Waals surface area contributed by atoms with Crippen LogP contribution < -0.4 is 4.31 Å². The van der Waals surface area contributed by atoms with Crippen LogP contribution in [-0.2, 0) is 27.9 Å². The normalized spacial score (nSPS) is 11.2. The predicted molar refractivity (Wildman–Crippen MR) is 125 cm³/mol. The van der Waals surface area contributed by atoms with Gasteiger partial charge in [0.15, 0.2) is 0 Å². The molecule has 0 fully saturated rings. The van der Waals surface area contributed by atoms with Crippen LogP contribution in [0.1, 0.15) is 22.3 Å². The molecule has 0 spiro atoms. The Labute approximate surface area is 185 Å². The lowest BCUT2D eigenvalue weighted by Gasteiger charge is -2.28. The molecule has 0 aliphatic carbocycles. The highest BCUT2D eigenvalue weighted by Gasteiger charge is 2.24. The number of sulfonamides is 1. The Morgan fingerprint density at radius 2 is 1.29 bits per heavy atom. The summed E-state index contributed by atoms with van der Waals surface area (Å²) >= 11 is 0. The maximum Gasteiger partial charge on any atom is 0.243 e. The lowest BCUT2D eigenvalue weighted by molar-refractivity contribution is -0.130. The summed E-state index contributed by atoms with van der Waals surface area (Å²) < 4.78 is 26.3. The first-order chi connectivity index (χ1) is 14.7. The molecule has 3 aromatic carbocycles. The van der Waals surface area contributed by atoms with Crippen molar-refractivity contribution in [1.82, 2.24) is 4.90 Å². The third-order valence-electron chi connectivity index (χ3n) is 5.24. The van der Waals surface area contributed by atoms with E-state index in [4.69, 9.17) is 0 Å². The van der Waals surface area contributed by atoms with Crippen LogP contribution >= 0.6 is 0 Å². The molecule has 0 saturated heterocycles. The Balaban J connectivity index is 1.89. The van der Waals surface area contributed by atoms with Crippen LogP contribution in [0.25, 0.3) is 0 Å². The van der Waals surface area contributed by atoms with Crippen molar-refractivity contribution in [3.8, 4) is 0 Å².